The number of rotatable bonds is 1. The lowest BCUT2D eigenvalue weighted by Crippen LogP contribution is -2.08. The summed E-state index contributed by atoms with van der Waals surface area (Å²) >= 11 is 0. The molecule has 0 aromatic carbocycles. The molecule has 0 bridgehead atoms. The molecular weight excluding hydrogens is 113 g/mol. The normalized spacial score (nSPS) is 11.3. The van der Waals surface area contributed by atoms with Crippen molar-refractivity contribution in [1.82, 2.24) is 0 Å². The van der Waals surface area contributed by atoms with E-state index in [9.17, 15) is 4.79 Å². The van der Waals surface area contributed by atoms with Gasteiger partial charge in [-0.25, -0.2) is 4.79 Å². The van der Waals surface area contributed by atoms with Crippen LogP contribution in [0, 0.1) is 0 Å². The quantitative estimate of drug-likeness (QED) is 0.369. The maximum Gasteiger partial charge on any atom is 0.351 e. The Kier molecular flexibility index (Phi) is 2.38. The minimum Gasteiger partial charge on any atom is -0.477 e. The zero-order valence-electron chi connectivity index (χ0n) is 3.59. The molecular formula is C3H6NO2P. The van der Waals surface area contributed by atoms with Crippen molar-refractivity contribution in [2.75, 3.05) is 0 Å². The summed E-state index contributed by atoms with van der Waals surface area (Å²) < 4.78 is 0. The third-order valence-corrected chi connectivity index (χ3v) is 0.786. The summed E-state index contributed by atoms with van der Waals surface area (Å²) in [4.78, 5) is 9.72. The zero-order chi connectivity index (χ0) is 5.86. The summed E-state index contributed by atoms with van der Waals surface area (Å²) in [6.07, 6.45) is 0. The third kappa shape index (κ3) is 2.18. The van der Waals surface area contributed by atoms with Gasteiger partial charge in [0.05, 0.1) is 0 Å². The van der Waals surface area contributed by atoms with Crippen LogP contribution in [-0.2, 0) is 4.79 Å². The Morgan fingerprint density at radius 3 is 2.29 bits per heavy atom. The van der Waals surface area contributed by atoms with Crippen LogP contribution in [0.1, 0.15) is 0 Å². The molecule has 0 radical (unpaired) electrons. The highest BCUT2D eigenvalue weighted by atomic mass is 31.0. The molecule has 0 rings (SSSR count). The smallest absolute Gasteiger partial charge is 0.351 e. The van der Waals surface area contributed by atoms with E-state index in [1.54, 1.807) is 0 Å². The first kappa shape index (κ1) is 6.44. The van der Waals surface area contributed by atoms with Crippen molar-refractivity contribution in [3.63, 3.8) is 0 Å². The van der Waals surface area contributed by atoms with E-state index in [2.05, 4.69) is 9.24 Å². The second-order valence-corrected chi connectivity index (χ2v) is 1.26. The van der Waals surface area contributed by atoms with Crippen LogP contribution >= 0.6 is 9.24 Å². The van der Waals surface area contributed by atoms with Gasteiger partial charge in [0.2, 0.25) is 0 Å². The van der Waals surface area contributed by atoms with Crippen LogP contribution in [0.5, 0.6) is 0 Å². The summed E-state index contributed by atoms with van der Waals surface area (Å²) in [6, 6.07) is 0. The number of nitrogens with two attached hydrogens (primary N) is 1. The van der Waals surface area contributed by atoms with Crippen LogP contribution in [0.15, 0.2) is 11.5 Å². The van der Waals surface area contributed by atoms with Gasteiger partial charge in [-0.15, -0.1) is 9.24 Å². The van der Waals surface area contributed by atoms with Gasteiger partial charge in [0, 0.05) is 0 Å². The van der Waals surface area contributed by atoms with E-state index in [1.807, 2.05) is 0 Å². The fraction of sp³-hybridized carbons (Fsp3) is 0. The minimum atomic E-state index is -1.09. The fourth-order valence-electron chi connectivity index (χ4n) is 0.0713. The number of aliphatic carboxylic acids is 1. The van der Waals surface area contributed by atoms with Gasteiger partial charge in [-0.1, -0.05) is 0 Å². The van der Waals surface area contributed by atoms with E-state index in [4.69, 9.17) is 10.8 Å². The molecule has 0 saturated heterocycles. The Balaban J connectivity index is 3.82. The molecule has 0 aliphatic heterocycles. The van der Waals surface area contributed by atoms with Crippen molar-refractivity contribution in [3.05, 3.63) is 11.5 Å². The van der Waals surface area contributed by atoms with Crippen LogP contribution < -0.4 is 5.73 Å². The SMILES string of the molecule is N/C(=C/P)C(=O)O. The predicted molar refractivity (Wildman–Crippen MR) is 29.6 cm³/mol. The number of hydrogen-bond donors (Lipinski definition) is 2. The van der Waals surface area contributed by atoms with E-state index in [-0.39, 0.29) is 5.70 Å². The van der Waals surface area contributed by atoms with Gasteiger partial charge in [-0.3, -0.25) is 0 Å². The molecule has 0 aromatic heterocycles. The van der Waals surface area contributed by atoms with Gasteiger partial charge in [0.1, 0.15) is 5.70 Å². The maximum absolute atomic E-state index is 9.72. The van der Waals surface area contributed by atoms with Gasteiger partial charge >= 0.3 is 5.97 Å². The second kappa shape index (κ2) is 2.59. The molecule has 1 atom stereocenters. The van der Waals surface area contributed by atoms with Crippen molar-refractivity contribution in [1.29, 1.82) is 0 Å². The molecule has 0 amide bonds. The van der Waals surface area contributed by atoms with E-state index in [0.29, 0.717) is 0 Å². The van der Waals surface area contributed by atoms with Crippen molar-refractivity contribution in [3.8, 4) is 0 Å². The van der Waals surface area contributed by atoms with Gasteiger partial charge in [-0.2, -0.15) is 0 Å². The summed E-state index contributed by atoms with van der Waals surface area (Å²) in [7, 11) is 2.09. The van der Waals surface area contributed by atoms with Crippen LogP contribution in [0.2, 0.25) is 0 Å². The van der Waals surface area contributed by atoms with Crippen LogP contribution in [0.25, 0.3) is 0 Å². The molecule has 0 saturated carbocycles. The summed E-state index contributed by atoms with van der Waals surface area (Å²) in [5.41, 5.74) is 4.71. The maximum atomic E-state index is 9.72. The zero-order valence-corrected chi connectivity index (χ0v) is 4.74. The van der Waals surface area contributed by atoms with Gasteiger partial charge in [0.25, 0.3) is 0 Å². The average Bonchev–Trinajstić information content (AvgIpc) is 1.65. The van der Waals surface area contributed by atoms with Crippen molar-refractivity contribution in [2.45, 2.75) is 0 Å². The van der Waals surface area contributed by atoms with Gasteiger partial charge in [-0.05, 0) is 5.82 Å². The largest absolute Gasteiger partial charge is 0.477 e. The van der Waals surface area contributed by atoms with E-state index >= 15 is 0 Å². The highest BCUT2D eigenvalue weighted by Gasteiger charge is 1.94. The van der Waals surface area contributed by atoms with Crippen molar-refractivity contribution >= 4 is 15.2 Å². The topological polar surface area (TPSA) is 63.3 Å². The highest BCUT2D eigenvalue weighted by molar-refractivity contribution is 7.20. The van der Waals surface area contributed by atoms with Crippen LogP contribution in [0.3, 0.4) is 0 Å². The Labute approximate surface area is 43.4 Å². The lowest BCUT2D eigenvalue weighted by molar-refractivity contribution is -0.132. The Morgan fingerprint density at radius 2 is 2.29 bits per heavy atom. The van der Waals surface area contributed by atoms with Crippen LogP contribution in [-0.4, -0.2) is 11.1 Å². The van der Waals surface area contributed by atoms with E-state index in [0.717, 1.165) is 0 Å². The standard InChI is InChI=1S/C3H6NO2P/c4-2(1-7)3(5)6/h1H,4,7H2,(H,5,6)/b2-1+. The molecule has 3 N–H and O–H groups in total. The first-order valence-corrected chi connectivity index (χ1v) is 2.26. The molecule has 3 nitrogen and oxygen atoms in total. The molecule has 0 heterocycles. The van der Waals surface area contributed by atoms with E-state index < -0.39 is 5.97 Å². The summed E-state index contributed by atoms with van der Waals surface area (Å²) in [5.74, 6) is 0.164. The first-order valence-electron chi connectivity index (χ1n) is 1.59. The number of carbonyl (C=O) groups is 1. The Hall–Kier alpha value is -0.560. The Bertz CT molecular complexity index is 110. The molecule has 40 valence electrons. The van der Waals surface area contributed by atoms with E-state index in [1.165, 1.54) is 5.82 Å². The predicted octanol–water partition coefficient (Wildman–Crippen LogP) is -0.254. The van der Waals surface area contributed by atoms with Crippen molar-refractivity contribution < 1.29 is 9.90 Å². The highest BCUT2D eigenvalue weighted by Crippen LogP contribution is 1.88. The molecule has 0 spiro atoms. The molecule has 0 aromatic rings. The van der Waals surface area contributed by atoms with Gasteiger partial charge in [0.15, 0.2) is 0 Å². The number of carboxylic acid groups (broad SMARTS) is 1. The van der Waals surface area contributed by atoms with Crippen molar-refractivity contribution in [2.24, 2.45) is 5.73 Å². The fourth-order valence-corrected chi connectivity index (χ4v) is 0.214. The lowest BCUT2D eigenvalue weighted by Gasteiger charge is -1.84. The molecule has 1 unspecified atom stereocenters. The second-order valence-electron chi connectivity index (χ2n) is 0.927. The number of hydrogen-bond acceptors (Lipinski definition) is 2. The number of carboxylic acids is 1. The third-order valence-electron chi connectivity index (χ3n) is 0.427. The molecule has 0 fully saturated rings. The minimum absolute atomic E-state index is 0.148. The molecule has 4 heteroatoms. The van der Waals surface area contributed by atoms with Gasteiger partial charge < -0.3 is 10.8 Å². The summed E-state index contributed by atoms with van der Waals surface area (Å²) in [6.45, 7) is 0. The average molecular weight is 119 g/mol. The van der Waals surface area contributed by atoms with Crippen LogP contribution in [0.4, 0.5) is 0 Å². The lowest BCUT2D eigenvalue weighted by atomic mass is 10.5. The Morgan fingerprint density at radius 1 is 1.86 bits per heavy atom. The molecule has 0 aliphatic rings. The monoisotopic (exact) mass is 119 g/mol. The first-order chi connectivity index (χ1) is 3.18. The molecule has 7 heavy (non-hydrogen) atoms. The summed E-state index contributed by atoms with van der Waals surface area (Å²) in [5, 5.41) is 7.98. The molecule has 0 aliphatic carbocycles.